The molecule has 0 atom stereocenters. The van der Waals surface area contributed by atoms with Gasteiger partial charge in [-0.1, -0.05) is 0 Å². The molecule has 1 heterocycles. The number of hydrogen-bond donors (Lipinski definition) is 0. The van der Waals surface area contributed by atoms with Crippen molar-refractivity contribution in [2.24, 2.45) is 0 Å². The van der Waals surface area contributed by atoms with Crippen molar-refractivity contribution in [2.75, 3.05) is 13.2 Å². The van der Waals surface area contributed by atoms with Crippen LogP contribution in [0.25, 0.3) is 0 Å². The van der Waals surface area contributed by atoms with E-state index < -0.39 is 36.6 Å². The van der Waals surface area contributed by atoms with Gasteiger partial charge in [0.25, 0.3) is 14.7 Å². The quantitative estimate of drug-likeness (QED) is 0.353. The first-order chi connectivity index (χ1) is 9.70. The van der Waals surface area contributed by atoms with Crippen LogP contribution < -0.4 is 0 Å². The Morgan fingerprint density at radius 3 is 2.52 bits per heavy atom. The molecule has 0 saturated carbocycles. The molecule has 8 nitrogen and oxygen atoms in total. The zero-order chi connectivity index (χ0) is 15.8. The molecule has 0 radical (unpaired) electrons. The van der Waals surface area contributed by atoms with Gasteiger partial charge in [0.2, 0.25) is 0 Å². The van der Waals surface area contributed by atoms with E-state index in [-0.39, 0.29) is 24.3 Å². The third-order valence-corrected chi connectivity index (χ3v) is 4.37. The monoisotopic (exact) mass is 335 g/mol. The second-order valence-corrected chi connectivity index (χ2v) is 6.91. The molecule has 114 valence electrons. The Labute approximate surface area is 124 Å². The third kappa shape index (κ3) is 3.31. The fourth-order valence-corrected chi connectivity index (χ4v) is 2.96. The highest BCUT2D eigenvalue weighted by Gasteiger charge is 2.28. The van der Waals surface area contributed by atoms with E-state index in [1.807, 2.05) is 0 Å². The van der Waals surface area contributed by atoms with Crippen LogP contribution in [0.1, 0.15) is 15.9 Å². The fraction of sp³-hybridized carbons (Fsp3) is 0.364. The maximum absolute atomic E-state index is 12.0. The van der Waals surface area contributed by atoms with Crippen molar-refractivity contribution < 1.29 is 27.6 Å². The van der Waals surface area contributed by atoms with E-state index in [4.69, 9.17) is 20.2 Å². The highest BCUT2D eigenvalue weighted by Crippen LogP contribution is 2.29. The lowest BCUT2D eigenvalue weighted by atomic mass is 10.1. The number of hydrogen-bond acceptors (Lipinski definition) is 7. The average molecular weight is 336 g/mol. The highest BCUT2D eigenvalue weighted by molar-refractivity contribution is 8.13. The van der Waals surface area contributed by atoms with Crippen LogP contribution in [-0.4, -0.2) is 38.6 Å². The number of rotatable bonds is 4. The largest absolute Gasteiger partial charge is 0.454 e. The Morgan fingerprint density at radius 2 is 2.10 bits per heavy atom. The van der Waals surface area contributed by atoms with E-state index in [1.54, 1.807) is 0 Å². The maximum atomic E-state index is 12.0. The molecule has 1 aliphatic heterocycles. The summed E-state index contributed by atoms with van der Waals surface area (Å²) in [6.07, 6.45) is -0.438. The summed E-state index contributed by atoms with van der Waals surface area (Å²) in [7, 11) is 1.01. The van der Waals surface area contributed by atoms with Gasteiger partial charge in [-0.15, -0.1) is 0 Å². The van der Waals surface area contributed by atoms with Crippen molar-refractivity contribution in [1.82, 2.24) is 0 Å². The summed E-state index contributed by atoms with van der Waals surface area (Å²) < 4.78 is 32.8. The number of nitrogens with zero attached hydrogens (tertiary/aromatic N) is 1. The van der Waals surface area contributed by atoms with Gasteiger partial charge in [0.15, 0.2) is 0 Å². The van der Waals surface area contributed by atoms with Crippen LogP contribution in [0.15, 0.2) is 17.0 Å². The Hall–Kier alpha value is -1.71. The molecule has 1 saturated heterocycles. The van der Waals surface area contributed by atoms with Gasteiger partial charge in [-0.25, -0.2) is 13.2 Å². The number of nitro benzene ring substituents is 1. The van der Waals surface area contributed by atoms with E-state index in [0.29, 0.717) is 0 Å². The van der Waals surface area contributed by atoms with Crippen molar-refractivity contribution in [3.05, 3.63) is 33.4 Å². The van der Waals surface area contributed by atoms with Gasteiger partial charge in [0, 0.05) is 22.8 Å². The zero-order valence-corrected chi connectivity index (χ0v) is 12.3. The van der Waals surface area contributed by atoms with Gasteiger partial charge < -0.3 is 9.47 Å². The van der Waals surface area contributed by atoms with Crippen molar-refractivity contribution in [3.63, 3.8) is 0 Å². The van der Waals surface area contributed by atoms with E-state index >= 15 is 0 Å². The molecule has 1 fully saturated rings. The van der Waals surface area contributed by atoms with Gasteiger partial charge in [-0.2, -0.15) is 0 Å². The van der Waals surface area contributed by atoms with E-state index in [2.05, 4.69) is 0 Å². The molecule has 1 aromatic carbocycles. The summed E-state index contributed by atoms with van der Waals surface area (Å²) in [4.78, 5) is 21.5. The van der Waals surface area contributed by atoms with Crippen LogP contribution in [-0.2, 0) is 18.5 Å². The van der Waals surface area contributed by atoms with Crippen molar-refractivity contribution in [2.45, 2.75) is 17.9 Å². The Balaban J connectivity index is 2.50. The summed E-state index contributed by atoms with van der Waals surface area (Å²) in [5.74, 6) is -0.855. The number of benzene rings is 1. The normalized spacial score (nSPS) is 15.3. The molecule has 0 bridgehead atoms. The molecule has 0 amide bonds. The van der Waals surface area contributed by atoms with Crippen LogP contribution in [0, 0.1) is 17.0 Å². The first kappa shape index (κ1) is 15.7. The van der Waals surface area contributed by atoms with Gasteiger partial charge in [-0.3, -0.25) is 10.1 Å². The Bertz CT molecular complexity index is 712. The van der Waals surface area contributed by atoms with E-state index in [1.165, 1.54) is 6.92 Å². The minimum absolute atomic E-state index is 0.000779. The number of ether oxygens (including phenoxy) is 2. The first-order valence-electron chi connectivity index (χ1n) is 5.72. The second-order valence-electron chi connectivity index (χ2n) is 4.38. The lowest BCUT2D eigenvalue weighted by Gasteiger charge is -2.25. The van der Waals surface area contributed by atoms with Gasteiger partial charge in [0.1, 0.15) is 6.10 Å². The van der Waals surface area contributed by atoms with Gasteiger partial charge in [0.05, 0.1) is 28.6 Å². The maximum Gasteiger partial charge on any atom is 0.339 e. The number of carbonyl (C=O) groups excluding carboxylic acids is 1. The molecule has 0 spiro atoms. The summed E-state index contributed by atoms with van der Waals surface area (Å²) in [5.41, 5.74) is -0.771. The summed E-state index contributed by atoms with van der Waals surface area (Å²) >= 11 is 0. The molecule has 0 aliphatic carbocycles. The first-order valence-corrected chi connectivity index (χ1v) is 8.03. The third-order valence-electron chi connectivity index (χ3n) is 2.92. The summed E-state index contributed by atoms with van der Waals surface area (Å²) in [6.45, 7) is 1.80. The van der Waals surface area contributed by atoms with Crippen LogP contribution in [0.2, 0.25) is 0 Å². The number of non-ortho nitro benzene ring substituents is 1. The Kier molecular flexibility index (Phi) is 4.17. The Morgan fingerprint density at radius 1 is 1.48 bits per heavy atom. The molecule has 1 aliphatic rings. The van der Waals surface area contributed by atoms with E-state index in [9.17, 15) is 23.3 Å². The van der Waals surface area contributed by atoms with Crippen LogP contribution in [0.5, 0.6) is 0 Å². The number of nitro groups is 1. The summed E-state index contributed by atoms with van der Waals surface area (Å²) in [6, 6.07) is 1.77. The molecular weight excluding hydrogens is 326 g/mol. The van der Waals surface area contributed by atoms with Crippen LogP contribution in [0.4, 0.5) is 5.69 Å². The fourth-order valence-electron chi connectivity index (χ4n) is 1.74. The van der Waals surface area contributed by atoms with Crippen molar-refractivity contribution in [3.8, 4) is 0 Å². The van der Waals surface area contributed by atoms with Crippen molar-refractivity contribution in [1.29, 1.82) is 0 Å². The average Bonchev–Trinajstić information content (AvgIpc) is 2.32. The predicted octanol–water partition coefficient (Wildman–Crippen LogP) is 1.39. The predicted molar refractivity (Wildman–Crippen MR) is 70.9 cm³/mol. The molecule has 10 heteroatoms. The highest BCUT2D eigenvalue weighted by atomic mass is 35.7. The molecule has 0 N–H and O–H groups in total. The SMILES string of the molecule is Cc1c(C(=O)OC2COC2)cc([N+](=O)[O-])cc1S(=O)(=O)Cl. The molecule has 0 aromatic heterocycles. The number of esters is 1. The topological polar surface area (TPSA) is 113 Å². The van der Waals surface area contributed by atoms with Gasteiger partial charge in [-0.05, 0) is 12.5 Å². The standard InChI is InChI=1S/C11H10ClNO7S/c1-6-9(11(14)20-8-4-19-5-8)2-7(13(15)16)3-10(6)21(12,17)18/h2-3,8H,4-5H2,1H3. The lowest BCUT2D eigenvalue weighted by Crippen LogP contribution is -2.38. The molecule has 0 unspecified atom stereocenters. The van der Waals surface area contributed by atoms with Crippen molar-refractivity contribution >= 4 is 31.4 Å². The lowest BCUT2D eigenvalue weighted by molar-refractivity contribution is -0.385. The minimum atomic E-state index is -4.23. The summed E-state index contributed by atoms with van der Waals surface area (Å²) in [5, 5.41) is 10.9. The number of halogens is 1. The van der Waals surface area contributed by atoms with Crippen LogP contribution >= 0.6 is 10.7 Å². The van der Waals surface area contributed by atoms with Gasteiger partial charge >= 0.3 is 5.97 Å². The van der Waals surface area contributed by atoms with Crippen LogP contribution in [0.3, 0.4) is 0 Å². The molecule has 21 heavy (non-hydrogen) atoms. The molecule has 2 rings (SSSR count). The molecular formula is C11H10ClNO7S. The van der Waals surface area contributed by atoms with E-state index in [0.717, 1.165) is 12.1 Å². The zero-order valence-electron chi connectivity index (χ0n) is 10.7. The molecule has 1 aromatic rings. The second kappa shape index (κ2) is 5.58. The smallest absolute Gasteiger partial charge is 0.339 e. The minimum Gasteiger partial charge on any atom is -0.454 e. The number of carbonyl (C=O) groups is 1.